The van der Waals surface area contributed by atoms with Gasteiger partial charge in [0.05, 0.1) is 22.5 Å². The summed E-state index contributed by atoms with van der Waals surface area (Å²) in [7, 11) is 0. The quantitative estimate of drug-likeness (QED) is 0.122. The summed E-state index contributed by atoms with van der Waals surface area (Å²) in [6.07, 6.45) is 16.8. The number of hydrogen-bond acceptors (Lipinski definition) is 5. The van der Waals surface area contributed by atoms with Gasteiger partial charge >= 0.3 is 0 Å². The lowest BCUT2D eigenvalue weighted by molar-refractivity contribution is -0.118. The largest absolute Gasteiger partial charge is 0.506 e. The smallest absolute Gasteiger partial charge is 0.224 e. The van der Waals surface area contributed by atoms with Crippen molar-refractivity contribution in [3.05, 3.63) is 56.3 Å². The van der Waals surface area contributed by atoms with Gasteiger partial charge in [-0.2, -0.15) is 0 Å². The molecule has 410 valence electrons. The molecule has 0 radical (unpaired) electrons. The number of ketones is 1. The van der Waals surface area contributed by atoms with Crippen LogP contribution in [0.3, 0.4) is 0 Å². The van der Waals surface area contributed by atoms with Gasteiger partial charge in [0, 0.05) is 66.4 Å². The Hall–Kier alpha value is -3.94. The molecule has 2 aromatic rings. The number of Topliss-reactive ketones (excluding diaryl/α,β-unsaturated/α-hetero) is 1. The first-order valence-electron chi connectivity index (χ1n) is 29.8. The number of aryl methyl sites for hydroxylation is 2. The van der Waals surface area contributed by atoms with Gasteiger partial charge < -0.3 is 20.6 Å². The predicted molar refractivity (Wildman–Crippen MR) is 311 cm³/mol. The molecule has 2 aromatic carbocycles. The summed E-state index contributed by atoms with van der Waals surface area (Å²) in [6.45, 7) is 41.0. The van der Waals surface area contributed by atoms with Crippen molar-refractivity contribution in [2.75, 3.05) is 41.7 Å². The fourth-order valence-electron chi connectivity index (χ4n) is 14.9. The standard InChI is InChI=1S/C66H102N4O4/c1-41(37-63(5,6)7)25-27-45(43(3)39-65(11,12)13)35-53(71)67-57-49-23-19-31-69-29-17-21-47(59(49)69)33-51(57)55-61(73)56(62(55)74)52-34-48-22-18-30-70-32-20-24-50(60(48)70)58(52)68-54(72)36-46(44(4)40-66(14,15)16)28-26-42(2)38-64(8,9)10/h33-34,41-46H,17-32,35-40H2,1-16H3,(H2,67,68,71,72,73,74)/p+1. The van der Waals surface area contributed by atoms with E-state index < -0.39 is 0 Å². The van der Waals surface area contributed by atoms with Crippen molar-refractivity contribution in [2.24, 2.45) is 57.2 Å². The average molecular weight is 1020 g/mol. The zero-order chi connectivity index (χ0) is 54.2. The van der Waals surface area contributed by atoms with E-state index in [4.69, 9.17) is 0 Å². The Balaban J connectivity index is 1.29. The normalized spacial score (nSPS) is 20.2. The van der Waals surface area contributed by atoms with Crippen LogP contribution in [0.15, 0.2) is 17.9 Å². The number of nitrogens with one attached hydrogen (secondary N) is 2. The van der Waals surface area contributed by atoms with Crippen molar-refractivity contribution in [3.63, 3.8) is 0 Å². The third kappa shape index (κ3) is 14.3. The van der Waals surface area contributed by atoms with Crippen molar-refractivity contribution >= 4 is 45.8 Å². The van der Waals surface area contributed by atoms with Gasteiger partial charge in [0.2, 0.25) is 23.0 Å². The first kappa shape index (κ1) is 57.8. The Labute approximate surface area is 449 Å². The molecule has 2 amide bonds. The number of rotatable bonds is 19. The van der Waals surface area contributed by atoms with E-state index >= 15 is 4.79 Å². The maximum Gasteiger partial charge on any atom is 0.224 e. The van der Waals surface area contributed by atoms with Crippen molar-refractivity contribution in [1.82, 2.24) is 4.58 Å². The van der Waals surface area contributed by atoms with Gasteiger partial charge in [0.25, 0.3) is 0 Å². The summed E-state index contributed by atoms with van der Waals surface area (Å²) in [6, 6.07) is 4.25. The molecule has 4 heterocycles. The Morgan fingerprint density at radius 1 is 0.595 bits per heavy atom. The Morgan fingerprint density at radius 2 is 1.07 bits per heavy atom. The fourth-order valence-corrected chi connectivity index (χ4v) is 14.9. The van der Waals surface area contributed by atoms with Crippen LogP contribution in [0.4, 0.5) is 17.1 Å². The van der Waals surface area contributed by atoms with Gasteiger partial charge in [0.15, 0.2) is 0 Å². The number of benzene rings is 2. The Kier molecular flexibility index (Phi) is 17.9. The maximum atomic E-state index is 15.3. The Morgan fingerprint density at radius 3 is 1.58 bits per heavy atom. The first-order chi connectivity index (χ1) is 34.5. The number of aliphatic hydroxyl groups excluding tert-OH is 1. The minimum absolute atomic E-state index is 0.0113. The average Bonchev–Trinajstić information content (AvgIpc) is 3.26. The molecule has 0 spiro atoms. The van der Waals surface area contributed by atoms with Crippen LogP contribution in [0.5, 0.6) is 0 Å². The molecule has 74 heavy (non-hydrogen) atoms. The number of carbonyl (C=O) groups excluding carboxylic acids is 3. The maximum absolute atomic E-state index is 15.3. The van der Waals surface area contributed by atoms with E-state index in [0.29, 0.717) is 58.7 Å². The lowest BCUT2D eigenvalue weighted by Gasteiger charge is -2.39. The van der Waals surface area contributed by atoms with Crippen LogP contribution in [0.1, 0.15) is 228 Å². The van der Waals surface area contributed by atoms with Gasteiger partial charge in [-0.3, -0.25) is 14.4 Å². The van der Waals surface area contributed by atoms with Crippen molar-refractivity contribution in [1.29, 1.82) is 0 Å². The van der Waals surface area contributed by atoms with Crippen molar-refractivity contribution in [3.8, 4) is 0 Å². The van der Waals surface area contributed by atoms with Gasteiger partial charge in [-0.1, -0.05) is 124 Å². The van der Waals surface area contributed by atoms with Gasteiger partial charge in [-0.25, -0.2) is 4.58 Å². The summed E-state index contributed by atoms with van der Waals surface area (Å²) in [5.74, 6) is 2.02. The number of amides is 2. The SMILES string of the molecule is CC(CCC(CC(=O)Nc1c(C2=C(O)/C(=c3\cc4c5c(c3NC(=O)CC(CCC(C)CC(C)(C)C)C(C)CC(C)(C)C)CCC[N+]=5CCC4)C2=O)cc2c3c1CCCN3CCC2)C(C)CC(C)(C)C)CC(C)(C)C. The second kappa shape index (κ2) is 23.0. The van der Waals surface area contributed by atoms with Crippen LogP contribution < -0.4 is 30.7 Å². The summed E-state index contributed by atoms with van der Waals surface area (Å²) in [5, 5.41) is 21.5. The molecule has 7 rings (SSSR count). The summed E-state index contributed by atoms with van der Waals surface area (Å²) in [4.78, 5) is 47.4. The molecule has 0 aromatic heterocycles. The lowest BCUT2D eigenvalue weighted by Crippen LogP contribution is -2.46. The molecule has 5 aliphatic rings. The number of anilines is 3. The van der Waals surface area contributed by atoms with E-state index in [-0.39, 0.29) is 68.0 Å². The molecule has 0 saturated carbocycles. The molecule has 8 heteroatoms. The zero-order valence-electron chi connectivity index (χ0n) is 49.7. The molecule has 0 saturated heterocycles. The van der Waals surface area contributed by atoms with E-state index in [1.165, 1.54) is 22.2 Å². The number of hydrogen-bond donors (Lipinski definition) is 3. The van der Waals surface area contributed by atoms with E-state index in [2.05, 4.69) is 143 Å². The summed E-state index contributed by atoms with van der Waals surface area (Å²) >= 11 is 0. The van der Waals surface area contributed by atoms with Crippen LogP contribution in [0, 0.1) is 57.2 Å². The topological polar surface area (TPSA) is 102 Å². The molecule has 3 N–H and O–H groups in total. The highest BCUT2D eigenvalue weighted by Gasteiger charge is 2.41. The molecule has 8 nitrogen and oxygen atoms in total. The van der Waals surface area contributed by atoms with Crippen molar-refractivity contribution < 1.29 is 19.5 Å². The molecular formula is C66H103N4O4+. The highest BCUT2D eigenvalue weighted by molar-refractivity contribution is 6.52. The third-order valence-corrected chi connectivity index (χ3v) is 17.4. The molecular weight excluding hydrogens is 913 g/mol. The van der Waals surface area contributed by atoms with Crippen LogP contribution in [0.25, 0.3) is 11.1 Å². The van der Waals surface area contributed by atoms with E-state index in [1.54, 1.807) is 0 Å². The number of aliphatic hydroxyl groups is 1. The lowest BCUT2D eigenvalue weighted by atomic mass is 9.75. The zero-order valence-corrected chi connectivity index (χ0v) is 49.7. The van der Waals surface area contributed by atoms with Crippen LogP contribution in [0.2, 0.25) is 0 Å². The second-order valence-electron chi connectivity index (χ2n) is 29.8. The highest BCUT2D eigenvalue weighted by Crippen LogP contribution is 2.48. The van der Waals surface area contributed by atoms with E-state index in [9.17, 15) is 14.7 Å². The number of allylic oxidation sites excluding steroid dienone is 2. The molecule has 0 fully saturated rings. The third-order valence-electron chi connectivity index (χ3n) is 17.4. The van der Waals surface area contributed by atoms with Gasteiger partial charge in [-0.05, 0) is 157 Å². The molecule has 0 bridgehead atoms. The minimum Gasteiger partial charge on any atom is -0.506 e. The number of nitrogens with zero attached hydrogens (tertiary/aromatic N) is 2. The summed E-state index contributed by atoms with van der Waals surface area (Å²) < 4.78 is 2.48. The molecule has 1 aliphatic carbocycles. The van der Waals surface area contributed by atoms with Gasteiger partial charge in [-0.15, -0.1) is 0 Å². The second-order valence-corrected chi connectivity index (χ2v) is 29.8. The first-order valence-corrected chi connectivity index (χ1v) is 29.8. The molecule has 6 unspecified atom stereocenters. The van der Waals surface area contributed by atoms with Crippen LogP contribution in [-0.2, 0) is 40.1 Å². The van der Waals surface area contributed by atoms with Gasteiger partial charge in [0.1, 0.15) is 18.8 Å². The fraction of sp³-hybridized carbons (Fsp3) is 0.727. The van der Waals surface area contributed by atoms with E-state index in [0.717, 1.165) is 140 Å². The van der Waals surface area contributed by atoms with Crippen LogP contribution in [-0.4, -0.2) is 48.9 Å². The molecule has 6 atom stereocenters. The highest BCUT2D eigenvalue weighted by atomic mass is 16.3. The number of carbonyl (C=O) groups is 3. The monoisotopic (exact) mass is 1020 g/mol. The minimum atomic E-state index is -0.214. The van der Waals surface area contributed by atoms with Crippen molar-refractivity contribution in [2.45, 2.75) is 226 Å². The Bertz CT molecular complexity index is 2570. The predicted octanol–water partition coefficient (Wildman–Crippen LogP) is 14.2. The van der Waals surface area contributed by atoms with E-state index in [1.807, 2.05) is 0 Å². The molecule has 4 aliphatic heterocycles. The van der Waals surface area contributed by atoms with Crippen LogP contribution >= 0.6 is 0 Å². The summed E-state index contributed by atoms with van der Waals surface area (Å²) in [5.41, 5.74) is 9.23.